The number of para-hydroxylation sites is 1. The number of carbonyl (C=O) groups is 1. The Bertz CT molecular complexity index is 385. The van der Waals surface area contributed by atoms with E-state index in [1.165, 1.54) is 0 Å². The van der Waals surface area contributed by atoms with Crippen molar-refractivity contribution in [2.75, 3.05) is 13.7 Å². The third-order valence-corrected chi connectivity index (χ3v) is 2.73. The Labute approximate surface area is 108 Å². The molecule has 6 heteroatoms. The molecule has 0 heterocycles. The first-order valence-electron chi connectivity index (χ1n) is 5.13. The molecule has 0 aliphatic rings. The van der Waals surface area contributed by atoms with Gasteiger partial charge in [-0.25, -0.2) is 5.84 Å². The van der Waals surface area contributed by atoms with Gasteiger partial charge in [-0.1, -0.05) is 6.07 Å². The first kappa shape index (κ1) is 13.8. The monoisotopic (exact) mass is 302 g/mol. The summed E-state index contributed by atoms with van der Waals surface area (Å²) in [6.45, 7) is 0.423. The fourth-order valence-electron chi connectivity index (χ4n) is 1.27. The van der Waals surface area contributed by atoms with Gasteiger partial charge >= 0.3 is 0 Å². The molecule has 1 rings (SSSR count). The highest BCUT2D eigenvalue weighted by Crippen LogP contribution is 2.34. The van der Waals surface area contributed by atoms with E-state index in [1.54, 1.807) is 7.11 Å². The van der Waals surface area contributed by atoms with Crippen molar-refractivity contribution in [1.29, 1.82) is 0 Å². The SMILES string of the molecule is COc1cccc(Br)c1OCCCC(=O)NN. The fourth-order valence-corrected chi connectivity index (χ4v) is 1.73. The number of nitrogens with one attached hydrogen (secondary N) is 1. The van der Waals surface area contributed by atoms with Crippen LogP contribution in [0.1, 0.15) is 12.8 Å². The number of ether oxygens (including phenoxy) is 2. The minimum absolute atomic E-state index is 0.201. The Balaban J connectivity index is 2.48. The van der Waals surface area contributed by atoms with E-state index in [2.05, 4.69) is 21.4 Å². The van der Waals surface area contributed by atoms with Crippen LogP contribution in [0.2, 0.25) is 0 Å². The van der Waals surface area contributed by atoms with E-state index in [4.69, 9.17) is 15.3 Å². The van der Waals surface area contributed by atoms with Crippen molar-refractivity contribution in [2.24, 2.45) is 5.84 Å². The largest absolute Gasteiger partial charge is 0.493 e. The molecule has 0 saturated carbocycles. The molecule has 0 saturated heterocycles. The topological polar surface area (TPSA) is 73.6 Å². The lowest BCUT2D eigenvalue weighted by Crippen LogP contribution is -2.29. The number of nitrogens with two attached hydrogens (primary N) is 1. The molecular weight excluding hydrogens is 288 g/mol. The molecule has 0 spiro atoms. The van der Waals surface area contributed by atoms with E-state index in [0.717, 1.165) is 4.47 Å². The van der Waals surface area contributed by atoms with Crippen LogP contribution < -0.4 is 20.7 Å². The first-order chi connectivity index (χ1) is 8.19. The van der Waals surface area contributed by atoms with E-state index in [-0.39, 0.29) is 5.91 Å². The van der Waals surface area contributed by atoms with Gasteiger partial charge in [-0.2, -0.15) is 0 Å². The van der Waals surface area contributed by atoms with Crippen molar-refractivity contribution in [3.63, 3.8) is 0 Å². The zero-order valence-electron chi connectivity index (χ0n) is 9.53. The zero-order valence-corrected chi connectivity index (χ0v) is 11.1. The highest BCUT2D eigenvalue weighted by atomic mass is 79.9. The number of hydrogen-bond acceptors (Lipinski definition) is 4. The maximum Gasteiger partial charge on any atom is 0.234 e. The number of amides is 1. The molecule has 0 aromatic heterocycles. The third-order valence-electron chi connectivity index (χ3n) is 2.11. The first-order valence-corrected chi connectivity index (χ1v) is 5.93. The van der Waals surface area contributed by atoms with E-state index in [0.29, 0.717) is 30.9 Å². The number of hydrogen-bond donors (Lipinski definition) is 2. The van der Waals surface area contributed by atoms with Gasteiger partial charge in [0.1, 0.15) is 0 Å². The van der Waals surface area contributed by atoms with Crippen LogP contribution in [-0.4, -0.2) is 19.6 Å². The summed E-state index contributed by atoms with van der Waals surface area (Å²) in [6, 6.07) is 5.54. The van der Waals surface area contributed by atoms with Crippen molar-refractivity contribution in [3.05, 3.63) is 22.7 Å². The maximum absolute atomic E-state index is 10.9. The van der Waals surface area contributed by atoms with Crippen molar-refractivity contribution >= 4 is 21.8 Å². The van der Waals surface area contributed by atoms with Gasteiger partial charge in [0, 0.05) is 6.42 Å². The lowest BCUT2D eigenvalue weighted by Gasteiger charge is -2.11. The molecule has 1 aromatic rings. The van der Waals surface area contributed by atoms with Crippen molar-refractivity contribution in [3.8, 4) is 11.5 Å². The van der Waals surface area contributed by atoms with Gasteiger partial charge in [0.05, 0.1) is 18.2 Å². The summed E-state index contributed by atoms with van der Waals surface area (Å²) in [6.07, 6.45) is 0.927. The van der Waals surface area contributed by atoms with Crippen molar-refractivity contribution in [1.82, 2.24) is 5.43 Å². The number of rotatable bonds is 6. The summed E-state index contributed by atoms with van der Waals surface area (Å²) < 4.78 is 11.6. The van der Waals surface area contributed by atoms with Crippen LogP contribution in [0.25, 0.3) is 0 Å². The highest BCUT2D eigenvalue weighted by molar-refractivity contribution is 9.10. The molecule has 0 unspecified atom stereocenters. The molecule has 1 amide bonds. The van der Waals surface area contributed by atoms with Crippen LogP contribution in [0, 0.1) is 0 Å². The molecule has 0 aliphatic carbocycles. The summed E-state index contributed by atoms with van der Waals surface area (Å²) in [4.78, 5) is 10.9. The highest BCUT2D eigenvalue weighted by Gasteiger charge is 2.08. The lowest BCUT2D eigenvalue weighted by atomic mass is 10.3. The molecule has 3 N–H and O–H groups in total. The smallest absolute Gasteiger partial charge is 0.234 e. The maximum atomic E-state index is 10.9. The number of benzene rings is 1. The van der Waals surface area contributed by atoms with Crippen molar-refractivity contribution < 1.29 is 14.3 Å². The fraction of sp³-hybridized carbons (Fsp3) is 0.364. The van der Waals surface area contributed by atoms with Gasteiger partial charge in [-0.15, -0.1) is 0 Å². The number of methoxy groups -OCH3 is 1. The minimum Gasteiger partial charge on any atom is -0.493 e. The van der Waals surface area contributed by atoms with E-state index < -0.39 is 0 Å². The van der Waals surface area contributed by atoms with Gasteiger partial charge in [0.25, 0.3) is 0 Å². The predicted molar refractivity (Wildman–Crippen MR) is 67.8 cm³/mol. The van der Waals surface area contributed by atoms with Crippen LogP contribution in [0.5, 0.6) is 11.5 Å². The number of carbonyl (C=O) groups excluding carboxylic acids is 1. The molecule has 0 radical (unpaired) electrons. The molecule has 94 valence electrons. The summed E-state index contributed by atoms with van der Waals surface area (Å²) in [5, 5.41) is 0. The van der Waals surface area contributed by atoms with E-state index >= 15 is 0 Å². The van der Waals surface area contributed by atoms with E-state index in [9.17, 15) is 4.79 Å². The standard InChI is InChI=1S/C11H15BrN2O3/c1-16-9-5-2-4-8(12)11(9)17-7-3-6-10(15)14-13/h2,4-5H,3,6-7,13H2,1H3,(H,14,15). The molecule has 0 aliphatic heterocycles. The summed E-state index contributed by atoms with van der Waals surface area (Å²) >= 11 is 3.38. The Morgan fingerprint density at radius 2 is 2.29 bits per heavy atom. The molecule has 1 aromatic carbocycles. The summed E-state index contributed by atoms with van der Waals surface area (Å²) in [5.41, 5.74) is 2.07. The molecule has 17 heavy (non-hydrogen) atoms. The van der Waals surface area contributed by atoms with Crippen LogP contribution in [0.4, 0.5) is 0 Å². The van der Waals surface area contributed by atoms with Crippen molar-refractivity contribution in [2.45, 2.75) is 12.8 Å². The number of halogens is 1. The normalized spacial score (nSPS) is 9.82. The van der Waals surface area contributed by atoms with Crippen LogP contribution in [0.3, 0.4) is 0 Å². The minimum atomic E-state index is -0.201. The molecular formula is C11H15BrN2O3. The van der Waals surface area contributed by atoms with Gasteiger partial charge in [-0.3, -0.25) is 10.2 Å². The lowest BCUT2D eigenvalue weighted by molar-refractivity contribution is -0.121. The summed E-state index contributed by atoms with van der Waals surface area (Å²) in [5.74, 6) is 6.06. The van der Waals surface area contributed by atoms with Gasteiger partial charge in [0.2, 0.25) is 5.91 Å². The molecule has 0 fully saturated rings. The Hall–Kier alpha value is -1.27. The second kappa shape index (κ2) is 7.13. The molecule has 0 atom stereocenters. The van der Waals surface area contributed by atoms with Gasteiger partial charge in [-0.05, 0) is 34.5 Å². The molecule has 5 nitrogen and oxygen atoms in total. The van der Waals surface area contributed by atoms with Crippen LogP contribution in [0.15, 0.2) is 22.7 Å². The van der Waals surface area contributed by atoms with Gasteiger partial charge < -0.3 is 9.47 Å². The molecule has 0 bridgehead atoms. The number of hydrazine groups is 1. The zero-order chi connectivity index (χ0) is 12.7. The Morgan fingerprint density at radius 3 is 2.94 bits per heavy atom. The Morgan fingerprint density at radius 1 is 1.53 bits per heavy atom. The predicted octanol–water partition coefficient (Wildman–Crippen LogP) is 1.61. The quantitative estimate of drug-likeness (QED) is 0.362. The van der Waals surface area contributed by atoms with Crippen LogP contribution >= 0.6 is 15.9 Å². The van der Waals surface area contributed by atoms with E-state index in [1.807, 2.05) is 18.2 Å². The summed E-state index contributed by atoms with van der Waals surface area (Å²) in [7, 11) is 1.58. The second-order valence-corrected chi connectivity index (χ2v) is 4.15. The van der Waals surface area contributed by atoms with Gasteiger partial charge in [0.15, 0.2) is 11.5 Å². The third kappa shape index (κ3) is 4.24. The van der Waals surface area contributed by atoms with Crippen LogP contribution in [-0.2, 0) is 4.79 Å². The Kier molecular flexibility index (Phi) is 5.79. The average Bonchev–Trinajstić information content (AvgIpc) is 2.35. The second-order valence-electron chi connectivity index (χ2n) is 3.29. The average molecular weight is 303 g/mol.